The zero-order chi connectivity index (χ0) is 25.2. The van der Waals surface area contributed by atoms with E-state index in [1.807, 2.05) is 0 Å². The molecule has 3 heterocycles. The van der Waals surface area contributed by atoms with E-state index in [0.29, 0.717) is 17.1 Å². The lowest BCUT2D eigenvalue weighted by Crippen LogP contribution is -2.51. The molecule has 0 radical (unpaired) electrons. The Morgan fingerprint density at radius 3 is 2.82 bits per heavy atom. The number of nitrogens with zero attached hydrogens (tertiary/aromatic N) is 6. The number of halogens is 4. The quantitative estimate of drug-likeness (QED) is 0.297. The third-order valence-electron chi connectivity index (χ3n) is 5.28. The van der Waals surface area contributed by atoms with Gasteiger partial charge in [0.15, 0.2) is 0 Å². The van der Waals surface area contributed by atoms with E-state index in [4.69, 9.17) is 33.0 Å². The maximum atomic E-state index is 14.7. The molecule has 1 aliphatic rings. The molecule has 186 valence electrons. The molecule has 0 aromatic carbocycles. The number of rotatable bonds is 8. The SMILES string of the molecule is Cc1c([N+](=O)[O-])c(OCCC(C)Nc2nc(Cl)ncc2Cl)nn1C1CCN(C(=O)O)CC1(F)F. The number of nitrogens with one attached hydrogen (secondary N) is 1. The van der Waals surface area contributed by atoms with Crippen LogP contribution < -0.4 is 10.1 Å². The van der Waals surface area contributed by atoms with E-state index in [1.165, 1.54) is 13.1 Å². The highest BCUT2D eigenvalue weighted by atomic mass is 35.5. The van der Waals surface area contributed by atoms with Crippen molar-refractivity contribution in [2.75, 3.05) is 25.0 Å². The first-order valence-corrected chi connectivity index (χ1v) is 10.8. The van der Waals surface area contributed by atoms with Crippen LogP contribution in [0.2, 0.25) is 10.3 Å². The Labute approximate surface area is 202 Å². The highest BCUT2D eigenvalue weighted by Gasteiger charge is 2.49. The van der Waals surface area contributed by atoms with Crippen LogP contribution >= 0.6 is 23.2 Å². The van der Waals surface area contributed by atoms with E-state index in [1.54, 1.807) is 6.92 Å². The van der Waals surface area contributed by atoms with Crippen molar-refractivity contribution in [1.29, 1.82) is 0 Å². The van der Waals surface area contributed by atoms with Crippen LogP contribution in [-0.2, 0) is 0 Å². The number of amides is 1. The molecule has 16 heteroatoms. The highest BCUT2D eigenvalue weighted by molar-refractivity contribution is 6.33. The van der Waals surface area contributed by atoms with E-state index in [9.17, 15) is 23.7 Å². The van der Waals surface area contributed by atoms with Crippen LogP contribution in [0.3, 0.4) is 0 Å². The van der Waals surface area contributed by atoms with Crippen LogP contribution in [0.15, 0.2) is 6.20 Å². The van der Waals surface area contributed by atoms with E-state index >= 15 is 0 Å². The fraction of sp³-hybridized carbons (Fsp3) is 0.556. The van der Waals surface area contributed by atoms with Gasteiger partial charge in [0.05, 0.1) is 24.3 Å². The van der Waals surface area contributed by atoms with E-state index < -0.39 is 41.1 Å². The number of hydrogen-bond donors (Lipinski definition) is 2. The number of piperidine rings is 1. The third-order valence-corrected chi connectivity index (χ3v) is 5.74. The molecule has 1 saturated heterocycles. The summed E-state index contributed by atoms with van der Waals surface area (Å²) in [4.78, 5) is 30.2. The molecule has 2 unspecified atom stereocenters. The van der Waals surface area contributed by atoms with Crippen LogP contribution in [-0.4, -0.2) is 72.4 Å². The Hall–Kier alpha value is -3.00. The van der Waals surface area contributed by atoms with Crippen LogP contribution in [0.25, 0.3) is 0 Å². The summed E-state index contributed by atoms with van der Waals surface area (Å²) in [5.74, 6) is -3.57. The predicted molar refractivity (Wildman–Crippen MR) is 117 cm³/mol. The first-order chi connectivity index (χ1) is 15.9. The summed E-state index contributed by atoms with van der Waals surface area (Å²) in [7, 11) is 0. The topological polar surface area (TPSA) is 149 Å². The second kappa shape index (κ2) is 10.1. The van der Waals surface area contributed by atoms with Gasteiger partial charge in [-0.2, -0.15) is 4.98 Å². The maximum absolute atomic E-state index is 14.7. The number of nitro groups is 1. The smallest absolute Gasteiger partial charge is 0.407 e. The first kappa shape index (κ1) is 25.6. The van der Waals surface area contributed by atoms with Gasteiger partial charge in [0, 0.05) is 19.0 Å². The summed E-state index contributed by atoms with van der Waals surface area (Å²) in [5, 5.41) is 27.8. The average Bonchev–Trinajstić information content (AvgIpc) is 3.05. The largest absolute Gasteiger partial charge is 0.472 e. The minimum absolute atomic E-state index is 0.00187. The molecule has 1 fully saturated rings. The van der Waals surface area contributed by atoms with Crippen molar-refractivity contribution in [2.24, 2.45) is 0 Å². The number of likely N-dealkylation sites (tertiary alicyclic amines) is 1. The van der Waals surface area contributed by atoms with Gasteiger partial charge in [-0.3, -0.25) is 10.1 Å². The van der Waals surface area contributed by atoms with Crippen molar-refractivity contribution in [3.63, 3.8) is 0 Å². The van der Waals surface area contributed by atoms with Crippen molar-refractivity contribution in [2.45, 2.75) is 44.7 Å². The van der Waals surface area contributed by atoms with Crippen molar-refractivity contribution < 1.29 is 28.3 Å². The monoisotopic (exact) mass is 523 g/mol. The van der Waals surface area contributed by atoms with Crippen molar-refractivity contribution in [3.8, 4) is 5.88 Å². The maximum Gasteiger partial charge on any atom is 0.407 e. The van der Waals surface area contributed by atoms with Gasteiger partial charge in [-0.05, 0) is 31.9 Å². The van der Waals surface area contributed by atoms with Crippen LogP contribution in [0.1, 0.15) is 31.5 Å². The molecular formula is C18H21Cl2F2N7O5. The van der Waals surface area contributed by atoms with Crippen molar-refractivity contribution >= 4 is 40.8 Å². The summed E-state index contributed by atoms with van der Waals surface area (Å²) in [6.45, 7) is 1.86. The van der Waals surface area contributed by atoms with E-state index in [0.717, 1.165) is 4.68 Å². The van der Waals surface area contributed by atoms with Crippen LogP contribution in [0, 0.1) is 17.0 Å². The number of hydrogen-bond acceptors (Lipinski definition) is 8. The van der Waals surface area contributed by atoms with Gasteiger partial charge in [-0.25, -0.2) is 23.2 Å². The van der Waals surface area contributed by atoms with E-state index in [2.05, 4.69) is 20.4 Å². The second-order valence-electron chi connectivity index (χ2n) is 7.73. The van der Waals surface area contributed by atoms with Crippen LogP contribution in [0.5, 0.6) is 5.88 Å². The number of anilines is 1. The average molecular weight is 524 g/mol. The summed E-state index contributed by atoms with van der Waals surface area (Å²) in [6, 6.07) is -1.81. The van der Waals surface area contributed by atoms with Gasteiger partial charge in [0.2, 0.25) is 5.28 Å². The number of aromatic nitrogens is 4. The molecule has 0 spiro atoms. The summed E-state index contributed by atoms with van der Waals surface area (Å²) >= 11 is 11.8. The Morgan fingerprint density at radius 1 is 1.50 bits per heavy atom. The predicted octanol–water partition coefficient (Wildman–Crippen LogP) is 4.03. The third kappa shape index (κ3) is 5.55. The molecule has 0 bridgehead atoms. The lowest BCUT2D eigenvalue weighted by atomic mass is 10.0. The molecular weight excluding hydrogens is 503 g/mol. The van der Waals surface area contributed by atoms with E-state index in [-0.39, 0.29) is 41.6 Å². The lowest BCUT2D eigenvalue weighted by molar-refractivity contribution is -0.386. The molecule has 2 aromatic heterocycles. The van der Waals surface area contributed by atoms with Crippen molar-refractivity contribution in [1.82, 2.24) is 24.6 Å². The highest BCUT2D eigenvalue weighted by Crippen LogP contribution is 2.41. The Morgan fingerprint density at radius 2 is 2.21 bits per heavy atom. The van der Waals surface area contributed by atoms with Crippen LogP contribution in [0.4, 0.5) is 25.1 Å². The van der Waals surface area contributed by atoms with Gasteiger partial charge in [-0.1, -0.05) is 11.6 Å². The molecule has 2 atom stereocenters. The van der Waals surface area contributed by atoms with Gasteiger partial charge in [0.25, 0.3) is 5.92 Å². The molecule has 2 aromatic rings. The fourth-order valence-electron chi connectivity index (χ4n) is 3.57. The number of carbonyl (C=O) groups is 1. The Kier molecular flexibility index (Phi) is 7.60. The van der Waals surface area contributed by atoms with Gasteiger partial charge >= 0.3 is 17.7 Å². The molecule has 0 aliphatic carbocycles. The van der Waals surface area contributed by atoms with Gasteiger partial charge in [0.1, 0.15) is 22.6 Å². The van der Waals surface area contributed by atoms with Crippen molar-refractivity contribution in [3.05, 3.63) is 32.3 Å². The minimum Gasteiger partial charge on any atom is -0.472 e. The minimum atomic E-state index is -3.48. The van der Waals surface area contributed by atoms with Gasteiger partial charge < -0.3 is 20.1 Å². The molecule has 1 aliphatic heterocycles. The lowest BCUT2D eigenvalue weighted by Gasteiger charge is -2.37. The standard InChI is InChI=1S/C18H21Cl2F2N7O5/c1-9(24-14-11(19)7-23-16(20)25-14)4-6-34-15-13(29(32)33)10(2)28(26-15)12-3-5-27(17(30)31)8-18(12,21)22/h7,9,12H,3-6,8H2,1-2H3,(H,30,31)(H,23,24,25). The fourth-order valence-corrected chi connectivity index (χ4v) is 3.85. The zero-order valence-electron chi connectivity index (χ0n) is 18.0. The number of carboxylic acid groups (broad SMARTS) is 1. The Balaban J connectivity index is 1.72. The molecule has 0 saturated carbocycles. The second-order valence-corrected chi connectivity index (χ2v) is 8.47. The molecule has 2 N–H and O–H groups in total. The first-order valence-electron chi connectivity index (χ1n) is 10.1. The normalized spacial score (nSPS) is 18.4. The molecule has 12 nitrogen and oxygen atoms in total. The molecule has 1 amide bonds. The molecule has 34 heavy (non-hydrogen) atoms. The number of ether oxygens (including phenoxy) is 1. The summed E-state index contributed by atoms with van der Waals surface area (Å²) in [6.07, 6.45) is -0.0631. The summed E-state index contributed by atoms with van der Waals surface area (Å²) in [5.41, 5.74) is -0.635. The molecule has 3 rings (SSSR count). The summed E-state index contributed by atoms with van der Waals surface area (Å²) < 4.78 is 35.7. The number of alkyl halides is 2. The Bertz CT molecular complexity index is 1090. The zero-order valence-corrected chi connectivity index (χ0v) is 19.6. The van der Waals surface area contributed by atoms with Gasteiger partial charge in [-0.15, -0.1) is 5.10 Å².